The van der Waals surface area contributed by atoms with Crippen LogP contribution in [0.15, 0.2) is 18.6 Å². The van der Waals surface area contributed by atoms with E-state index in [0.717, 1.165) is 23.5 Å². The number of aryl methyl sites for hydroxylation is 1. The van der Waals surface area contributed by atoms with Crippen LogP contribution in [0.25, 0.3) is 5.65 Å². The fraction of sp³-hybridized carbons (Fsp3) is 0.500. The zero-order valence-corrected chi connectivity index (χ0v) is 9.78. The Morgan fingerprint density at radius 3 is 2.67 bits per heavy atom. The Hall–Kier alpha value is -1.38. The molecule has 0 aromatic carbocycles. The quantitative estimate of drug-likeness (QED) is 0.713. The van der Waals surface area contributed by atoms with E-state index in [-0.39, 0.29) is 5.41 Å². The van der Waals surface area contributed by atoms with Crippen LogP contribution in [0.1, 0.15) is 39.1 Å². The lowest BCUT2D eigenvalue weighted by molar-refractivity contribution is 0.566. The van der Waals surface area contributed by atoms with Gasteiger partial charge in [0, 0.05) is 24.0 Å². The first-order chi connectivity index (χ1) is 7.02. The van der Waals surface area contributed by atoms with E-state index < -0.39 is 0 Å². The Balaban J connectivity index is 2.74. The van der Waals surface area contributed by atoms with Gasteiger partial charge in [-0.3, -0.25) is 4.98 Å². The van der Waals surface area contributed by atoms with E-state index in [4.69, 9.17) is 0 Å². The van der Waals surface area contributed by atoms with Crippen LogP contribution in [-0.4, -0.2) is 14.4 Å². The van der Waals surface area contributed by atoms with Gasteiger partial charge in [0.1, 0.15) is 0 Å². The van der Waals surface area contributed by atoms with Gasteiger partial charge in [-0.1, -0.05) is 27.7 Å². The average Bonchev–Trinajstić information content (AvgIpc) is 2.61. The Kier molecular flexibility index (Phi) is 2.25. The van der Waals surface area contributed by atoms with Crippen LogP contribution in [0.3, 0.4) is 0 Å². The maximum atomic E-state index is 4.68. The minimum absolute atomic E-state index is 0.0395. The van der Waals surface area contributed by atoms with Crippen LogP contribution in [0, 0.1) is 0 Å². The Morgan fingerprint density at radius 1 is 1.33 bits per heavy atom. The molecule has 0 radical (unpaired) electrons. The second-order valence-electron chi connectivity index (χ2n) is 4.84. The molecule has 2 rings (SSSR count). The summed E-state index contributed by atoms with van der Waals surface area (Å²) in [5.41, 5.74) is 3.20. The summed E-state index contributed by atoms with van der Waals surface area (Å²) in [6, 6.07) is 0. The molecule has 0 saturated carbocycles. The van der Waals surface area contributed by atoms with Crippen molar-refractivity contribution in [3.63, 3.8) is 0 Å². The van der Waals surface area contributed by atoms with Gasteiger partial charge in [-0.25, -0.2) is 4.98 Å². The highest BCUT2D eigenvalue weighted by molar-refractivity contribution is 5.47. The number of aromatic nitrogens is 3. The van der Waals surface area contributed by atoms with Crippen molar-refractivity contribution < 1.29 is 0 Å². The van der Waals surface area contributed by atoms with Gasteiger partial charge in [-0.05, 0) is 6.42 Å². The predicted octanol–water partition coefficient (Wildman–Crippen LogP) is 2.59. The number of hydrogen-bond acceptors (Lipinski definition) is 2. The molecule has 0 amide bonds. The van der Waals surface area contributed by atoms with Crippen molar-refractivity contribution in [3.05, 3.63) is 30.0 Å². The van der Waals surface area contributed by atoms with Crippen molar-refractivity contribution in [1.82, 2.24) is 14.4 Å². The lowest BCUT2D eigenvalue weighted by atomic mass is 9.92. The van der Waals surface area contributed by atoms with Crippen molar-refractivity contribution in [2.24, 2.45) is 0 Å². The molecule has 0 spiro atoms. The highest BCUT2D eigenvalue weighted by atomic mass is 15.0. The maximum absolute atomic E-state index is 4.68. The number of fused-ring (bicyclic) bond motifs is 1. The molecule has 15 heavy (non-hydrogen) atoms. The molecule has 0 aliphatic rings. The molecule has 0 fully saturated rings. The maximum Gasteiger partial charge on any atom is 0.159 e. The Bertz CT molecular complexity index is 477. The van der Waals surface area contributed by atoms with Crippen molar-refractivity contribution >= 4 is 5.65 Å². The second-order valence-corrected chi connectivity index (χ2v) is 4.84. The zero-order chi connectivity index (χ0) is 11.1. The van der Waals surface area contributed by atoms with Crippen molar-refractivity contribution in [2.75, 3.05) is 0 Å². The third-order valence-corrected chi connectivity index (χ3v) is 2.50. The van der Waals surface area contributed by atoms with Gasteiger partial charge in [0.15, 0.2) is 5.65 Å². The van der Waals surface area contributed by atoms with E-state index in [0.29, 0.717) is 0 Å². The summed E-state index contributed by atoms with van der Waals surface area (Å²) in [7, 11) is 0. The van der Waals surface area contributed by atoms with Crippen LogP contribution in [0.5, 0.6) is 0 Å². The molecule has 0 unspecified atom stereocenters. The standard InChI is InChI=1S/C12H17N3/c1-5-9-8-15-7-6-13-11(15)10(14-9)12(2,3)4/h6-8H,5H2,1-4H3. The minimum atomic E-state index is 0.0395. The monoisotopic (exact) mass is 203 g/mol. The number of nitrogens with zero attached hydrogens (tertiary/aromatic N) is 3. The average molecular weight is 203 g/mol. The van der Waals surface area contributed by atoms with E-state index >= 15 is 0 Å². The molecule has 0 aliphatic carbocycles. The molecule has 2 aromatic rings. The van der Waals surface area contributed by atoms with Gasteiger partial charge in [-0.15, -0.1) is 0 Å². The van der Waals surface area contributed by atoms with Gasteiger partial charge in [-0.2, -0.15) is 0 Å². The molecule has 0 bridgehead atoms. The molecule has 0 aliphatic heterocycles. The van der Waals surface area contributed by atoms with E-state index in [1.165, 1.54) is 0 Å². The van der Waals surface area contributed by atoms with E-state index in [1.807, 2.05) is 12.4 Å². The lowest BCUT2D eigenvalue weighted by Crippen LogP contribution is -2.16. The molecule has 3 heteroatoms. The molecule has 0 saturated heterocycles. The Morgan fingerprint density at radius 2 is 2.07 bits per heavy atom. The molecular formula is C12H17N3. The second kappa shape index (κ2) is 3.33. The summed E-state index contributed by atoms with van der Waals surface area (Å²) in [6.45, 7) is 8.63. The number of imidazole rings is 1. The lowest BCUT2D eigenvalue weighted by Gasteiger charge is -2.19. The summed E-state index contributed by atoms with van der Waals surface area (Å²) >= 11 is 0. The van der Waals surface area contributed by atoms with E-state index in [9.17, 15) is 0 Å². The molecule has 0 atom stereocenters. The molecule has 0 N–H and O–H groups in total. The zero-order valence-electron chi connectivity index (χ0n) is 9.78. The Labute approximate surface area is 90.2 Å². The summed E-state index contributed by atoms with van der Waals surface area (Å²) in [5.74, 6) is 0. The van der Waals surface area contributed by atoms with Gasteiger partial charge >= 0.3 is 0 Å². The van der Waals surface area contributed by atoms with Crippen molar-refractivity contribution in [1.29, 1.82) is 0 Å². The van der Waals surface area contributed by atoms with Gasteiger partial charge in [0.2, 0.25) is 0 Å². The van der Waals surface area contributed by atoms with Gasteiger partial charge in [0.05, 0.1) is 11.4 Å². The predicted molar refractivity (Wildman–Crippen MR) is 61.1 cm³/mol. The highest BCUT2D eigenvalue weighted by Crippen LogP contribution is 2.24. The van der Waals surface area contributed by atoms with Gasteiger partial charge in [0.25, 0.3) is 0 Å². The minimum Gasteiger partial charge on any atom is -0.304 e. The fourth-order valence-electron chi connectivity index (χ4n) is 1.66. The van der Waals surface area contributed by atoms with Crippen LogP contribution < -0.4 is 0 Å². The first-order valence-corrected chi connectivity index (χ1v) is 5.35. The first-order valence-electron chi connectivity index (χ1n) is 5.35. The summed E-state index contributed by atoms with van der Waals surface area (Å²) in [5, 5.41) is 0. The largest absolute Gasteiger partial charge is 0.304 e. The first kappa shape index (κ1) is 10.1. The molecular weight excluding hydrogens is 186 g/mol. The number of rotatable bonds is 1. The fourth-order valence-corrected chi connectivity index (χ4v) is 1.66. The summed E-state index contributed by atoms with van der Waals surface area (Å²) in [6.07, 6.45) is 6.81. The molecule has 2 aromatic heterocycles. The van der Waals surface area contributed by atoms with Crippen molar-refractivity contribution in [3.8, 4) is 0 Å². The third kappa shape index (κ3) is 1.74. The topological polar surface area (TPSA) is 30.2 Å². The smallest absolute Gasteiger partial charge is 0.159 e. The number of hydrogen-bond donors (Lipinski definition) is 0. The van der Waals surface area contributed by atoms with Gasteiger partial charge < -0.3 is 4.40 Å². The van der Waals surface area contributed by atoms with Crippen LogP contribution in [0.2, 0.25) is 0 Å². The van der Waals surface area contributed by atoms with Crippen molar-refractivity contribution in [2.45, 2.75) is 39.5 Å². The van der Waals surface area contributed by atoms with E-state index in [2.05, 4.69) is 48.3 Å². The van der Waals surface area contributed by atoms with Crippen LogP contribution >= 0.6 is 0 Å². The SMILES string of the molecule is CCc1cn2ccnc2c(C(C)(C)C)n1. The molecule has 2 heterocycles. The molecule has 3 nitrogen and oxygen atoms in total. The summed E-state index contributed by atoms with van der Waals surface area (Å²) in [4.78, 5) is 9.04. The molecule has 80 valence electrons. The normalized spacial score (nSPS) is 12.3. The van der Waals surface area contributed by atoms with Crippen LogP contribution in [0.4, 0.5) is 0 Å². The summed E-state index contributed by atoms with van der Waals surface area (Å²) < 4.78 is 2.06. The van der Waals surface area contributed by atoms with Crippen LogP contribution in [-0.2, 0) is 11.8 Å². The third-order valence-electron chi connectivity index (χ3n) is 2.50. The van der Waals surface area contributed by atoms with E-state index in [1.54, 1.807) is 0 Å². The highest BCUT2D eigenvalue weighted by Gasteiger charge is 2.20.